The average molecular weight is 192 g/mol. The first-order valence-corrected chi connectivity index (χ1v) is 4.07. The van der Waals surface area contributed by atoms with Gasteiger partial charge in [0.15, 0.2) is 0 Å². The summed E-state index contributed by atoms with van der Waals surface area (Å²) in [5.41, 5.74) is -0.318. The van der Waals surface area contributed by atoms with Crippen molar-refractivity contribution in [2.75, 3.05) is 27.4 Å². The lowest BCUT2D eigenvalue weighted by molar-refractivity contribution is -0.138. The Kier molecular flexibility index (Phi) is 10.9. The summed E-state index contributed by atoms with van der Waals surface area (Å²) >= 11 is 0. The van der Waals surface area contributed by atoms with Crippen LogP contribution in [0.15, 0.2) is 0 Å². The molecule has 0 aliphatic rings. The van der Waals surface area contributed by atoms with Gasteiger partial charge in [-0.1, -0.05) is 0 Å². The Morgan fingerprint density at radius 3 is 1.54 bits per heavy atom. The van der Waals surface area contributed by atoms with Crippen molar-refractivity contribution in [3.8, 4) is 0 Å². The Morgan fingerprint density at radius 2 is 1.46 bits per heavy atom. The first kappa shape index (κ1) is 14.9. The molecule has 0 aliphatic heterocycles. The molecule has 0 aromatic rings. The third kappa shape index (κ3) is 24.6. The molecule has 0 unspecified atom stereocenters. The minimum absolute atomic E-state index is 0.318. The molecule has 4 heteroatoms. The summed E-state index contributed by atoms with van der Waals surface area (Å²) in [6, 6.07) is 0. The second-order valence-electron chi connectivity index (χ2n) is 3.31. The molecule has 0 N–H and O–H groups in total. The molecule has 0 saturated carbocycles. The quantitative estimate of drug-likeness (QED) is 0.496. The minimum atomic E-state index is -0.318. The maximum Gasteiger partial charge on any atom is 0.293 e. The van der Waals surface area contributed by atoms with Gasteiger partial charge in [-0.3, -0.25) is 4.79 Å². The number of hydrogen-bond acceptors (Lipinski definition) is 4. The number of hydrogen-bond donors (Lipinski definition) is 0. The van der Waals surface area contributed by atoms with Crippen LogP contribution < -0.4 is 0 Å². The Labute approximate surface area is 80.2 Å². The first-order valence-electron chi connectivity index (χ1n) is 4.07. The Balaban J connectivity index is 0. The second-order valence-corrected chi connectivity index (χ2v) is 3.31. The zero-order valence-electron chi connectivity index (χ0n) is 9.12. The highest BCUT2D eigenvalue weighted by molar-refractivity contribution is 5.37. The van der Waals surface area contributed by atoms with Crippen LogP contribution in [0.1, 0.15) is 20.8 Å². The van der Waals surface area contributed by atoms with Gasteiger partial charge < -0.3 is 14.2 Å². The Hall–Kier alpha value is -0.610. The maximum atomic E-state index is 9.60. The SMILES string of the molecule is CC(C)(C)OC=O.COCCOC. The van der Waals surface area contributed by atoms with Crippen LogP contribution in [-0.4, -0.2) is 39.5 Å². The van der Waals surface area contributed by atoms with Crippen molar-refractivity contribution in [2.45, 2.75) is 26.4 Å². The number of ether oxygens (including phenoxy) is 3. The van der Waals surface area contributed by atoms with Gasteiger partial charge in [0, 0.05) is 14.2 Å². The molecule has 80 valence electrons. The molecule has 0 atom stereocenters. The zero-order valence-corrected chi connectivity index (χ0v) is 9.12. The van der Waals surface area contributed by atoms with Gasteiger partial charge in [0.1, 0.15) is 5.60 Å². The summed E-state index contributed by atoms with van der Waals surface area (Å²) in [7, 11) is 3.30. The van der Waals surface area contributed by atoms with Crippen LogP contribution in [0.4, 0.5) is 0 Å². The molecular formula is C9H20O4. The van der Waals surface area contributed by atoms with Crippen molar-refractivity contribution in [1.82, 2.24) is 0 Å². The molecule has 0 spiro atoms. The zero-order chi connectivity index (χ0) is 10.7. The van der Waals surface area contributed by atoms with E-state index >= 15 is 0 Å². The second kappa shape index (κ2) is 9.48. The highest BCUT2D eigenvalue weighted by Crippen LogP contribution is 2.02. The van der Waals surface area contributed by atoms with Crippen molar-refractivity contribution in [2.24, 2.45) is 0 Å². The van der Waals surface area contributed by atoms with Crippen LogP contribution in [0.25, 0.3) is 0 Å². The molecule has 0 bridgehead atoms. The van der Waals surface area contributed by atoms with Crippen LogP contribution in [0.2, 0.25) is 0 Å². The Morgan fingerprint density at radius 1 is 1.08 bits per heavy atom. The van der Waals surface area contributed by atoms with Gasteiger partial charge in [0.2, 0.25) is 0 Å². The van der Waals surface area contributed by atoms with E-state index < -0.39 is 0 Å². The van der Waals surface area contributed by atoms with Crippen molar-refractivity contribution in [1.29, 1.82) is 0 Å². The average Bonchev–Trinajstić information content (AvgIpc) is 1.99. The lowest BCUT2D eigenvalue weighted by Gasteiger charge is -2.14. The van der Waals surface area contributed by atoms with E-state index in [1.165, 1.54) is 0 Å². The van der Waals surface area contributed by atoms with Crippen LogP contribution in [-0.2, 0) is 19.0 Å². The number of rotatable bonds is 4. The fourth-order valence-corrected chi connectivity index (χ4v) is 0.311. The molecular weight excluding hydrogens is 172 g/mol. The molecule has 0 rings (SSSR count). The van der Waals surface area contributed by atoms with Crippen molar-refractivity contribution < 1.29 is 19.0 Å². The summed E-state index contributed by atoms with van der Waals surface area (Å²) in [6.07, 6.45) is 0. The molecule has 4 nitrogen and oxygen atoms in total. The molecule has 0 radical (unpaired) electrons. The van der Waals surface area contributed by atoms with E-state index in [0.717, 1.165) is 0 Å². The third-order valence-electron chi connectivity index (χ3n) is 0.893. The van der Waals surface area contributed by atoms with Gasteiger partial charge in [-0.25, -0.2) is 0 Å². The number of carbonyl (C=O) groups is 1. The van der Waals surface area contributed by atoms with Gasteiger partial charge in [-0.05, 0) is 20.8 Å². The van der Waals surface area contributed by atoms with Gasteiger partial charge in [0.25, 0.3) is 6.47 Å². The summed E-state index contributed by atoms with van der Waals surface area (Å²) in [5, 5.41) is 0. The van der Waals surface area contributed by atoms with Gasteiger partial charge in [-0.2, -0.15) is 0 Å². The summed E-state index contributed by atoms with van der Waals surface area (Å²) in [5.74, 6) is 0. The van der Waals surface area contributed by atoms with E-state index in [1.54, 1.807) is 14.2 Å². The van der Waals surface area contributed by atoms with E-state index in [4.69, 9.17) is 0 Å². The molecule has 0 aromatic heterocycles. The summed E-state index contributed by atoms with van der Waals surface area (Å²) in [4.78, 5) is 9.60. The van der Waals surface area contributed by atoms with Gasteiger partial charge >= 0.3 is 0 Å². The van der Waals surface area contributed by atoms with Gasteiger partial charge in [0.05, 0.1) is 13.2 Å². The molecule has 0 saturated heterocycles. The summed E-state index contributed by atoms with van der Waals surface area (Å²) < 4.78 is 13.9. The fourth-order valence-electron chi connectivity index (χ4n) is 0.311. The Bertz CT molecular complexity index is 103. The molecule has 0 amide bonds. The smallest absolute Gasteiger partial charge is 0.293 e. The van der Waals surface area contributed by atoms with E-state index in [-0.39, 0.29) is 5.60 Å². The maximum absolute atomic E-state index is 9.60. The van der Waals surface area contributed by atoms with Crippen molar-refractivity contribution in [3.05, 3.63) is 0 Å². The van der Waals surface area contributed by atoms with Crippen LogP contribution in [0.5, 0.6) is 0 Å². The van der Waals surface area contributed by atoms with E-state index in [1.807, 2.05) is 20.8 Å². The predicted octanol–water partition coefficient (Wildman–Crippen LogP) is 1.24. The third-order valence-corrected chi connectivity index (χ3v) is 0.893. The normalized spacial score (nSPS) is 9.92. The standard InChI is InChI=1S/C5H10O2.C4H10O2/c1-5(2,3)7-4-6;1-5-3-4-6-2/h4H,1-3H3;3-4H2,1-2H3. The van der Waals surface area contributed by atoms with Crippen LogP contribution >= 0.6 is 0 Å². The molecule has 0 aromatic carbocycles. The molecule has 0 heterocycles. The largest absolute Gasteiger partial charge is 0.462 e. The van der Waals surface area contributed by atoms with Crippen LogP contribution in [0, 0.1) is 0 Å². The molecule has 0 aliphatic carbocycles. The van der Waals surface area contributed by atoms with E-state index in [0.29, 0.717) is 19.7 Å². The lowest BCUT2D eigenvalue weighted by Crippen LogP contribution is -2.17. The van der Waals surface area contributed by atoms with E-state index in [9.17, 15) is 4.79 Å². The van der Waals surface area contributed by atoms with E-state index in [2.05, 4.69) is 14.2 Å². The lowest BCUT2D eigenvalue weighted by atomic mass is 10.2. The number of methoxy groups -OCH3 is 2. The van der Waals surface area contributed by atoms with Crippen LogP contribution in [0.3, 0.4) is 0 Å². The topological polar surface area (TPSA) is 44.8 Å². The molecule has 0 fully saturated rings. The summed E-state index contributed by atoms with van der Waals surface area (Å²) in [6.45, 7) is 7.30. The highest BCUT2D eigenvalue weighted by atomic mass is 16.5. The molecule has 13 heavy (non-hydrogen) atoms. The first-order chi connectivity index (χ1) is 5.97. The highest BCUT2D eigenvalue weighted by Gasteiger charge is 2.07. The predicted molar refractivity (Wildman–Crippen MR) is 50.7 cm³/mol. The van der Waals surface area contributed by atoms with Crippen molar-refractivity contribution in [3.63, 3.8) is 0 Å². The number of carbonyl (C=O) groups excluding carboxylic acids is 1. The minimum Gasteiger partial charge on any atom is -0.462 e. The monoisotopic (exact) mass is 192 g/mol. The van der Waals surface area contributed by atoms with Gasteiger partial charge in [-0.15, -0.1) is 0 Å². The van der Waals surface area contributed by atoms with Crippen molar-refractivity contribution >= 4 is 6.47 Å². The fraction of sp³-hybridized carbons (Fsp3) is 0.889.